The van der Waals surface area contributed by atoms with Gasteiger partial charge in [-0.25, -0.2) is 0 Å². The highest BCUT2D eigenvalue weighted by Crippen LogP contribution is 2.33. The molecule has 16 heavy (non-hydrogen) atoms. The summed E-state index contributed by atoms with van der Waals surface area (Å²) in [6.07, 6.45) is 9.66. The fraction of sp³-hybridized carbons (Fsp3) is 0.533. The van der Waals surface area contributed by atoms with Gasteiger partial charge in [-0.15, -0.1) is 0 Å². The molecule has 1 aromatic carbocycles. The molecular weight excluding hydrogens is 196 g/mol. The van der Waals surface area contributed by atoms with Gasteiger partial charge in [-0.3, -0.25) is 0 Å². The smallest absolute Gasteiger partial charge is 0.124 e. The maximum Gasteiger partial charge on any atom is 0.124 e. The molecule has 0 spiro atoms. The molecule has 2 rings (SSSR count). The molecule has 1 aliphatic carbocycles. The van der Waals surface area contributed by atoms with E-state index in [0.29, 0.717) is 12.3 Å². The summed E-state index contributed by atoms with van der Waals surface area (Å²) in [7, 11) is 0. The zero-order valence-corrected chi connectivity index (χ0v) is 9.82. The molecule has 1 heteroatoms. The normalized spacial score (nSPS) is 18.0. The second-order valence-corrected chi connectivity index (χ2v) is 4.76. The lowest BCUT2D eigenvalue weighted by atomic mass is 9.87. The zero-order valence-electron chi connectivity index (χ0n) is 9.82. The summed E-state index contributed by atoms with van der Waals surface area (Å²) in [5, 5.41) is 0. The Morgan fingerprint density at radius 3 is 2.44 bits per heavy atom. The van der Waals surface area contributed by atoms with Crippen LogP contribution in [0.3, 0.4) is 0 Å². The lowest BCUT2D eigenvalue weighted by Crippen LogP contribution is -2.02. The highest BCUT2D eigenvalue weighted by molar-refractivity contribution is 5.56. The first kappa shape index (κ1) is 11.4. The number of rotatable bonds is 3. The number of aldehydes is 1. The number of hydrogen-bond donors (Lipinski definition) is 0. The van der Waals surface area contributed by atoms with E-state index >= 15 is 0 Å². The van der Waals surface area contributed by atoms with Crippen molar-refractivity contribution in [3.63, 3.8) is 0 Å². The third-order valence-corrected chi connectivity index (χ3v) is 3.65. The van der Waals surface area contributed by atoms with E-state index in [1.54, 1.807) is 0 Å². The summed E-state index contributed by atoms with van der Waals surface area (Å²) >= 11 is 0. The molecule has 0 heterocycles. The van der Waals surface area contributed by atoms with Crippen molar-refractivity contribution in [2.75, 3.05) is 0 Å². The summed E-state index contributed by atoms with van der Waals surface area (Å²) in [5.41, 5.74) is 2.67. The first-order valence-corrected chi connectivity index (χ1v) is 6.43. The van der Waals surface area contributed by atoms with E-state index in [2.05, 4.69) is 18.2 Å². The van der Waals surface area contributed by atoms with Crippen LogP contribution in [0.15, 0.2) is 24.3 Å². The van der Waals surface area contributed by atoms with Crippen molar-refractivity contribution in [2.24, 2.45) is 0 Å². The molecule has 0 unspecified atom stereocenters. The van der Waals surface area contributed by atoms with Crippen LogP contribution >= 0.6 is 0 Å². The fourth-order valence-corrected chi connectivity index (χ4v) is 2.80. The molecule has 1 aliphatic rings. The summed E-state index contributed by atoms with van der Waals surface area (Å²) in [6.45, 7) is 0. The van der Waals surface area contributed by atoms with Gasteiger partial charge in [-0.1, -0.05) is 49.9 Å². The van der Waals surface area contributed by atoms with E-state index in [4.69, 9.17) is 0 Å². The number of hydrogen-bond acceptors (Lipinski definition) is 1. The van der Waals surface area contributed by atoms with Crippen molar-refractivity contribution in [1.29, 1.82) is 0 Å². The van der Waals surface area contributed by atoms with Crippen LogP contribution in [0, 0.1) is 0 Å². The highest BCUT2D eigenvalue weighted by Gasteiger charge is 2.16. The Morgan fingerprint density at radius 2 is 1.75 bits per heavy atom. The Balaban J connectivity index is 2.19. The van der Waals surface area contributed by atoms with Crippen LogP contribution in [0.2, 0.25) is 0 Å². The molecule has 0 amide bonds. The Hall–Kier alpha value is -1.11. The van der Waals surface area contributed by atoms with Crippen LogP contribution in [-0.4, -0.2) is 6.29 Å². The average Bonchev–Trinajstić information content (AvgIpc) is 2.59. The van der Waals surface area contributed by atoms with E-state index in [-0.39, 0.29) is 0 Å². The standard InChI is InChI=1S/C15H20O/c16-12-11-14-9-5-6-10-15(14)13-7-3-1-2-4-8-13/h5-6,9-10,12-13H,1-4,7-8,11H2. The molecule has 1 fully saturated rings. The maximum absolute atomic E-state index is 10.7. The largest absolute Gasteiger partial charge is 0.303 e. The Labute approximate surface area is 97.9 Å². The minimum absolute atomic E-state index is 0.576. The monoisotopic (exact) mass is 216 g/mol. The first-order chi connectivity index (χ1) is 7.92. The average molecular weight is 216 g/mol. The van der Waals surface area contributed by atoms with E-state index in [0.717, 1.165) is 6.29 Å². The third kappa shape index (κ3) is 2.72. The van der Waals surface area contributed by atoms with Crippen molar-refractivity contribution >= 4 is 6.29 Å². The minimum Gasteiger partial charge on any atom is -0.303 e. The van der Waals surface area contributed by atoms with Crippen molar-refractivity contribution in [3.05, 3.63) is 35.4 Å². The van der Waals surface area contributed by atoms with E-state index in [1.807, 2.05) is 6.07 Å². The summed E-state index contributed by atoms with van der Waals surface area (Å²) in [4.78, 5) is 10.7. The Kier molecular flexibility index (Phi) is 4.15. The van der Waals surface area contributed by atoms with Crippen molar-refractivity contribution in [1.82, 2.24) is 0 Å². The van der Waals surface area contributed by atoms with Gasteiger partial charge in [0.05, 0.1) is 0 Å². The molecule has 0 aromatic heterocycles. The summed E-state index contributed by atoms with van der Waals surface area (Å²) in [6, 6.07) is 8.47. The van der Waals surface area contributed by atoms with E-state index < -0.39 is 0 Å². The second-order valence-electron chi connectivity index (χ2n) is 4.76. The van der Waals surface area contributed by atoms with Gasteiger partial charge in [0.2, 0.25) is 0 Å². The molecular formula is C15H20O. The topological polar surface area (TPSA) is 17.1 Å². The van der Waals surface area contributed by atoms with E-state index in [9.17, 15) is 4.79 Å². The van der Waals surface area contributed by atoms with E-state index in [1.165, 1.54) is 49.7 Å². The van der Waals surface area contributed by atoms with Crippen molar-refractivity contribution in [3.8, 4) is 0 Å². The molecule has 0 saturated heterocycles. The quantitative estimate of drug-likeness (QED) is 0.554. The summed E-state index contributed by atoms with van der Waals surface area (Å²) in [5.74, 6) is 0.693. The van der Waals surface area contributed by atoms with Crippen LogP contribution < -0.4 is 0 Å². The molecule has 0 N–H and O–H groups in total. The molecule has 1 aromatic rings. The third-order valence-electron chi connectivity index (χ3n) is 3.65. The lowest BCUT2D eigenvalue weighted by molar-refractivity contribution is -0.107. The van der Waals surface area contributed by atoms with Gasteiger partial charge in [0.1, 0.15) is 6.29 Å². The first-order valence-electron chi connectivity index (χ1n) is 6.43. The lowest BCUT2D eigenvalue weighted by Gasteiger charge is -2.17. The number of carbonyl (C=O) groups is 1. The fourth-order valence-electron chi connectivity index (χ4n) is 2.80. The highest BCUT2D eigenvalue weighted by atomic mass is 16.1. The molecule has 86 valence electrons. The molecule has 0 atom stereocenters. The molecule has 0 radical (unpaired) electrons. The van der Waals surface area contributed by atoms with Crippen LogP contribution in [0.4, 0.5) is 0 Å². The Bertz CT molecular complexity index is 335. The minimum atomic E-state index is 0.576. The van der Waals surface area contributed by atoms with Gasteiger partial charge in [-0.2, -0.15) is 0 Å². The van der Waals surface area contributed by atoms with Gasteiger partial charge >= 0.3 is 0 Å². The van der Waals surface area contributed by atoms with Crippen LogP contribution in [-0.2, 0) is 11.2 Å². The van der Waals surface area contributed by atoms with Crippen molar-refractivity contribution in [2.45, 2.75) is 50.9 Å². The zero-order chi connectivity index (χ0) is 11.2. The predicted molar refractivity (Wildman–Crippen MR) is 66.7 cm³/mol. The SMILES string of the molecule is O=CCc1ccccc1C1CCCCCC1. The van der Waals surface area contributed by atoms with Crippen LogP contribution in [0.5, 0.6) is 0 Å². The van der Waals surface area contributed by atoms with Gasteiger partial charge in [0.25, 0.3) is 0 Å². The predicted octanol–water partition coefficient (Wildman–Crippen LogP) is 3.87. The Morgan fingerprint density at radius 1 is 1.06 bits per heavy atom. The molecule has 1 saturated carbocycles. The molecule has 0 bridgehead atoms. The molecule has 1 nitrogen and oxygen atoms in total. The number of benzene rings is 1. The van der Waals surface area contributed by atoms with Gasteiger partial charge < -0.3 is 4.79 Å². The summed E-state index contributed by atoms with van der Waals surface area (Å²) < 4.78 is 0. The second kappa shape index (κ2) is 5.83. The van der Waals surface area contributed by atoms with Gasteiger partial charge in [0, 0.05) is 6.42 Å². The number of carbonyl (C=O) groups excluding carboxylic acids is 1. The maximum atomic E-state index is 10.7. The van der Waals surface area contributed by atoms with Gasteiger partial charge in [-0.05, 0) is 29.9 Å². The molecule has 0 aliphatic heterocycles. The van der Waals surface area contributed by atoms with Crippen LogP contribution in [0.1, 0.15) is 55.6 Å². The van der Waals surface area contributed by atoms with Gasteiger partial charge in [0.15, 0.2) is 0 Å². The van der Waals surface area contributed by atoms with Crippen molar-refractivity contribution < 1.29 is 4.79 Å². The van der Waals surface area contributed by atoms with Crippen LogP contribution in [0.25, 0.3) is 0 Å².